The van der Waals surface area contributed by atoms with Gasteiger partial charge in [0.15, 0.2) is 5.76 Å². The van der Waals surface area contributed by atoms with Gasteiger partial charge in [0.05, 0.1) is 6.54 Å². The van der Waals surface area contributed by atoms with Gasteiger partial charge in [-0.3, -0.25) is 4.79 Å². The summed E-state index contributed by atoms with van der Waals surface area (Å²) < 4.78 is 31.7. The minimum absolute atomic E-state index is 0.0275. The van der Waals surface area contributed by atoms with Crippen molar-refractivity contribution in [3.8, 4) is 0 Å². The van der Waals surface area contributed by atoms with Gasteiger partial charge in [0.2, 0.25) is 15.9 Å². The van der Waals surface area contributed by atoms with Gasteiger partial charge in [-0.25, -0.2) is 13.1 Å². The summed E-state index contributed by atoms with van der Waals surface area (Å²) in [7, 11) is -3.86. The van der Waals surface area contributed by atoms with E-state index in [1.165, 1.54) is 26.7 Å². The number of aryl methyl sites for hydroxylation is 2. The fraction of sp³-hybridized carbons (Fsp3) is 0.412. The van der Waals surface area contributed by atoms with E-state index in [1.807, 2.05) is 24.3 Å². The molecule has 2 aromatic rings. The number of nitrogens with zero attached hydrogens (tertiary/aromatic N) is 2. The van der Waals surface area contributed by atoms with Gasteiger partial charge in [0.1, 0.15) is 10.6 Å². The van der Waals surface area contributed by atoms with Gasteiger partial charge in [-0.05, 0) is 51.0 Å². The Morgan fingerprint density at radius 3 is 2.42 bits per heavy atom. The third-order valence-electron chi connectivity index (χ3n) is 4.28. The number of carbonyl (C=O) groups excluding carboxylic acids is 1. The van der Waals surface area contributed by atoms with Gasteiger partial charge in [-0.1, -0.05) is 5.16 Å². The largest absolute Gasteiger partial charge is 0.372 e. The zero-order valence-corrected chi connectivity index (χ0v) is 15.6. The Kier molecular flexibility index (Phi) is 5.28. The van der Waals surface area contributed by atoms with Crippen molar-refractivity contribution in [3.05, 3.63) is 35.7 Å². The Balaban J connectivity index is 1.57. The van der Waals surface area contributed by atoms with Crippen LogP contribution in [0.25, 0.3) is 0 Å². The molecule has 8 nitrogen and oxygen atoms in total. The smallest absolute Gasteiger partial charge is 0.246 e. The first-order valence-electron chi connectivity index (χ1n) is 8.44. The monoisotopic (exact) mass is 378 g/mol. The maximum Gasteiger partial charge on any atom is 0.246 e. The molecule has 3 rings (SSSR count). The maximum atomic E-state index is 12.3. The van der Waals surface area contributed by atoms with E-state index < -0.39 is 15.9 Å². The zero-order chi connectivity index (χ0) is 18.7. The number of hydrogen-bond donors (Lipinski definition) is 2. The number of amides is 1. The number of hydrogen-bond acceptors (Lipinski definition) is 6. The lowest BCUT2D eigenvalue weighted by Crippen LogP contribution is -2.33. The Bertz CT molecular complexity index is 864. The van der Waals surface area contributed by atoms with Gasteiger partial charge in [-0.2, -0.15) is 0 Å². The molecule has 1 aromatic heterocycles. The molecule has 0 aliphatic carbocycles. The summed E-state index contributed by atoms with van der Waals surface area (Å²) >= 11 is 0. The van der Waals surface area contributed by atoms with Crippen LogP contribution in [0.4, 0.5) is 11.4 Å². The average Bonchev–Trinajstić information content (AvgIpc) is 3.24. The molecule has 2 heterocycles. The standard InChI is InChI=1S/C17H22N4O4S/c1-12-17(13(2)25-20-12)26(23,24)18-11-16(22)19-14-5-7-15(8-6-14)21-9-3-4-10-21/h5-8,18H,3-4,9-11H2,1-2H3,(H,19,22). The summed E-state index contributed by atoms with van der Waals surface area (Å²) in [6.45, 7) is 4.77. The Labute approximate surface area is 152 Å². The normalized spacial score (nSPS) is 14.6. The van der Waals surface area contributed by atoms with Crippen molar-refractivity contribution in [1.82, 2.24) is 9.88 Å². The van der Waals surface area contributed by atoms with Crippen LogP contribution in [0.1, 0.15) is 24.3 Å². The van der Waals surface area contributed by atoms with Crippen molar-refractivity contribution in [1.29, 1.82) is 0 Å². The van der Waals surface area contributed by atoms with Crippen molar-refractivity contribution in [2.45, 2.75) is 31.6 Å². The van der Waals surface area contributed by atoms with Crippen LogP contribution in [-0.2, 0) is 14.8 Å². The van der Waals surface area contributed by atoms with Gasteiger partial charge >= 0.3 is 0 Å². The van der Waals surface area contributed by atoms with E-state index in [0.29, 0.717) is 5.69 Å². The summed E-state index contributed by atoms with van der Waals surface area (Å²) in [6.07, 6.45) is 2.40. The van der Waals surface area contributed by atoms with Crippen LogP contribution in [0.2, 0.25) is 0 Å². The quantitative estimate of drug-likeness (QED) is 0.794. The molecule has 1 amide bonds. The van der Waals surface area contributed by atoms with Crippen molar-refractivity contribution >= 4 is 27.3 Å². The lowest BCUT2D eigenvalue weighted by Gasteiger charge is -2.17. The SMILES string of the molecule is Cc1noc(C)c1S(=O)(=O)NCC(=O)Nc1ccc(N2CCCC2)cc1. The number of aromatic nitrogens is 1. The summed E-state index contributed by atoms with van der Waals surface area (Å²) in [5, 5.41) is 6.30. The first-order valence-corrected chi connectivity index (χ1v) is 9.92. The molecule has 26 heavy (non-hydrogen) atoms. The third-order valence-corrected chi connectivity index (χ3v) is 5.93. The van der Waals surface area contributed by atoms with E-state index in [4.69, 9.17) is 4.52 Å². The molecule has 1 aliphatic heterocycles. The van der Waals surface area contributed by atoms with Gasteiger partial charge < -0.3 is 14.7 Å². The van der Waals surface area contributed by atoms with Crippen molar-refractivity contribution in [3.63, 3.8) is 0 Å². The van der Waals surface area contributed by atoms with E-state index in [9.17, 15) is 13.2 Å². The molecule has 1 saturated heterocycles. The number of nitrogens with one attached hydrogen (secondary N) is 2. The van der Waals surface area contributed by atoms with Crippen LogP contribution in [0, 0.1) is 13.8 Å². The molecule has 0 atom stereocenters. The van der Waals surface area contributed by atoms with Crippen LogP contribution < -0.4 is 14.9 Å². The van der Waals surface area contributed by atoms with Crippen LogP contribution in [0.15, 0.2) is 33.7 Å². The molecule has 0 saturated carbocycles. The molecule has 9 heteroatoms. The molecule has 1 aromatic carbocycles. The van der Waals surface area contributed by atoms with Gasteiger partial charge in [0, 0.05) is 24.5 Å². The summed E-state index contributed by atoms with van der Waals surface area (Å²) in [5.41, 5.74) is 2.00. The van der Waals surface area contributed by atoms with E-state index in [-0.39, 0.29) is 22.9 Å². The zero-order valence-electron chi connectivity index (χ0n) is 14.8. The first kappa shape index (κ1) is 18.4. The summed E-state index contributed by atoms with van der Waals surface area (Å²) in [6, 6.07) is 7.53. The molecule has 1 aliphatic rings. The second kappa shape index (κ2) is 7.46. The number of rotatable bonds is 6. The highest BCUT2D eigenvalue weighted by Crippen LogP contribution is 2.22. The predicted octanol–water partition coefficient (Wildman–Crippen LogP) is 1.81. The number of carbonyl (C=O) groups is 1. The van der Waals surface area contributed by atoms with Gasteiger partial charge in [0.25, 0.3) is 0 Å². The second-order valence-electron chi connectivity index (χ2n) is 6.27. The minimum atomic E-state index is -3.86. The number of anilines is 2. The Morgan fingerprint density at radius 1 is 1.19 bits per heavy atom. The lowest BCUT2D eigenvalue weighted by atomic mass is 10.2. The Morgan fingerprint density at radius 2 is 1.85 bits per heavy atom. The maximum absolute atomic E-state index is 12.3. The molecule has 0 bridgehead atoms. The molecule has 0 radical (unpaired) electrons. The van der Waals surface area contributed by atoms with Crippen molar-refractivity contribution in [2.75, 3.05) is 29.9 Å². The second-order valence-corrected chi connectivity index (χ2v) is 7.97. The van der Waals surface area contributed by atoms with E-state index >= 15 is 0 Å². The molecular formula is C17H22N4O4S. The van der Waals surface area contributed by atoms with Crippen LogP contribution in [0.5, 0.6) is 0 Å². The van der Waals surface area contributed by atoms with E-state index in [2.05, 4.69) is 20.1 Å². The van der Waals surface area contributed by atoms with Crippen molar-refractivity contribution in [2.24, 2.45) is 0 Å². The molecular weight excluding hydrogens is 356 g/mol. The molecule has 1 fully saturated rings. The molecule has 0 spiro atoms. The minimum Gasteiger partial charge on any atom is -0.372 e. The van der Waals surface area contributed by atoms with Crippen molar-refractivity contribution < 1.29 is 17.7 Å². The number of sulfonamides is 1. The number of benzene rings is 1. The Hall–Kier alpha value is -2.39. The third kappa shape index (κ3) is 4.05. The van der Waals surface area contributed by atoms with Crippen LogP contribution in [-0.4, -0.2) is 39.1 Å². The van der Waals surface area contributed by atoms with Gasteiger partial charge in [-0.15, -0.1) is 0 Å². The average molecular weight is 378 g/mol. The fourth-order valence-corrected chi connectivity index (χ4v) is 4.33. The van der Waals surface area contributed by atoms with E-state index in [1.54, 1.807) is 0 Å². The van der Waals surface area contributed by atoms with Crippen LogP contribution in [0.3, 0.4) is 0 Å². The highest BCUT2D eigenvalue weighted by molar-refractivity contribution is 7.89. The van der Waals surface area contributed by atoms with Crippen LogP contribution >= 0.6 is 0 Å². The topological polar surface area (TPSA) is 105 Å². The molecule has 140 valence electrons. The highest BCUT2D eigenvalue weighted by Gasteiger charge is 2.24. The fourth-order valence-electron chi connectivity index (χ4n) is 3.03. The highest BCUT2D eigenvalue weighted by atomic mass is 32.2. The molecule has 2 N–H and O–H groups in total. The molecule has 0 unspecified atom stereocenters. The first-order chi connectivity index (χ1) is 12.4. The summed E-state index contributed by atoms with van der Waals surface area (Å²) in [4.78, 5) is 14.3. The predicted molar refractivity (Wildman–Crippen MR) is 97.7 cm³/mol. The lowest BCUT2D eigenvalue weighted by molar-refractivity contribution is -0.115. The van der Waals surface area contributed by atoms with E-state index in [0.717, 1.165) is 18.8 Å². The summed E-state index contributed by atoms with van der Waals surface area (Å²) in [5.74, 6) is -0.262.